The second-order valence-electron chi connectivity index (χ2n) is 8.01. The van der Waals surface area contributed by atoms with E-state index in [1.807, 2.05) is 49.4 Å². The highest BCUT2D eigenvalue weighted by molar-refractivity contribution is 6.05. The quantitative estimate of drug-likeness (QED) is 0.695. The van der Waals surface area contributed by atoms with Crippen LogP contribution in [0.1, 0.15) is 48.1 Å². The van der Waals surface area contributed by atoms with Crippen molar-refractivity contribution in [2.75, 3.05) is 18.4 Å². The molecule has 1 heterocycles. The molecule has 1 aliphatic heterocycles. The Labute approximate surface area is 178 Å². The standard InChI is InChI=1S/C23H27N3O2.ClH/c1-16(17-7-3-2-4-8-17)25-21(27)18-9-5-6-10-20(18)26-22(28)19-15-23(19)11-13-24-14-12-23;/h2-10,16,19,24H,11-15H2,1H3,(H,25,27)(H,26,28);1H. The van der Waals surface area contributed by atoms with Gasteiger partial charge in [0.1, 0.15) is 0 Å². The van der Waals surface area contributed by atoms with Gasteiger partial charge in [-0.05, 0) is 62.4 Å². The van der Waals surface area contributed by atoms with Crippen molar-refractivity contribution in [1.29, 1.82) is 0 Å². The fourth-order valence-corrected chi connectivity index (χ4v) is 4.31. The number of amides is 2. The summed E-state index contributed by atoms with van der Waals surface area (Å²) in [6, 6.07) is 17.0. The van der Waals surface area contributed by atoms with E-state index < -0.39 is 0 Å². The molecule has 2 fully saturated rings. The fraction of sp³-hybridized carbons (Fsp3) is 0.391. The van der Waals surface area contributed by atoms with Gasteiger partial charge < -0.3 is 16.0 Å². The molecule has 2 aliphatic rings. The minimum Gasteiger partial charge on any atom is -0.345 e. The van der Waals surface area contributed by atoms with Crippen molar-refractivity contribution in [3.63, 3.8) is 0 Å². The van der Waals surface area contributed by atoms with Crippen LogP contribution in [0.2, 0.25) is 0 Å². The molecule has 154 valence electrons. The molecule has 0 bridgehead atoms. The van der Waals surface area contributed by atoms with E-state index in [0.717, 1.165) is 37.9 Å². The monoisotopic (exact) mass is 413 g/mol. The summed E-state index contributed by atoms with van der Waals surface area (Å²) in [6.45, 7) is 3.93. The number of benzene rings is 2. The highest BCUT2D eigenvalue weighted by atomic mass is 35.5. The van der Waals surface area contributed by atoms with Gasteiger partial charge in [0.15, 0.2) is 0 Å². The van der Waals surface area contributed by atoms with Crippen LogP contribution in [0.5, 0.6) is 0 Å². The molecule has 2 atom stereocenters. The first-order chi connectivity index (χ1) is 13.6. The Morgan fingerprint density at radius 2 is 1.69 bits per heavy atom. The molecule has 2 amide bonds. The Hall–Kier alpha value is -2.37. The van der Waals surface area contributed by atoms with Gasteiger partial charge in [0, 0.05) is 5.92 Å². The van der Waals surface area contributed by atoms with E-state index in [1.54, 1.807) is 12.1 Å². The summed E-state index contributed by atoms with van der Waals surface area (Å²) >= 11 is 0. The molecule has 1 saturated heterocycles. The van der Waals surface area contributed by atoms with Crippen LogP contribution in [0.15, 0.2) is 54.6 Å². The molecular formula is C23H28ClN3O2. The van der Waals surface area contributed by atoms with Crippen LogP contribution in [-0.2, 0) is 4.79 Å². The number of anilines is 1. The highest BCUT2D eigenvalue weighted by Gasteiger charge is 2.57. The van der Waals surface area contributed by atoms with E-state index in [9.17, 15) is 9.59 Å². The minimum absolute atomic E-state index is 0. The van der Waals surface area contributed by atoms with E-state index >= 15 is 0 Å². The first-order valence-corrected chi connectivity index (χ1v) is 10.1. The fourth-order valence-electron chi connectivity index (χ4n) is 4.31. The predicted molar refractivity (Wildman–Crippen MR) is 117 cm³/mol. The smallest absolute Gasteiger partial charge is 0.253 e. The predicted octanol–water partition coefficient (Wildman–Crippen LogP) is 3.93. The van der Waals surface area contributed by atoms with Gasteiger partial charge in [-0.2, -0.15) is 0 Å². The number of rotatable bonds is 5. The molecule has 4 rings (SSSR count). The molecule has 6 heteroatoms. The minimum atomic E-state index is -0.181. The van der Waals surface area contributed by atoms with Crippen molar-refractivity contribution in [2.24, 2.45) is 11.3 Å². The van der Waals surface area contributed by atoms with Gasteiger partial charge in [0.25, 0.3) is 5.91 Å². The number of hydrogen-bond donors (Lipinski definition) is 3. The molecule has 2 aromatic carbocycles. The molecule has 1 spiro atoms. The lowest BCUT2D eigenvalue weighted by molar-refractivity contribution is -0.118. The lowest BCUT2D eigenvalue weighted by Crippen LogP contribution is -2.32. The molecule has 3 N–H and O–H groups in total. The third kappa shape index (κ3) is 4.62. The van der Waals surface area contributed by atoms with E-state index in [4.69, 9.17) is 0 Å². The van der Waals surface area contributed by atoms with Gasteiger partial charge in [-0.15, -0.1) is 12.4 Å². The van der Waals surface area contributed by atoms with Crippen molar-refractivity contribution >= 4 is 29.9 Å². The maximum absolute atomic E-state index is 12.8. The topological polar surface area (TPSA) is 70.2 Å². The SMILES string of the molecule is CC(NC(=O)c1ccccc1NC(=O)C1CC12CCNCC2)c1ccccc1.Cl. The molecule has 0 radical (unpaired) electrons. The van der Waals surface area contributed by atoms with Gasteiger partial charge in [-0.25, -0.2) is 0 Å². The summed E-state index contributed by atoms with van der Waals surface area (Å²) in [5.74, 6) is -0.0770. The normalized spacial score (nSPS) is 20.2. The zero-order chi connectivity index (χ0) is 19.6. The first kappa shape index (κ1) is 21.3. The van der Waals surface area contributed by atoms with Gasteiger partial charge >= 0.3 is 0 Å². The van der Waals surface area contributed by atoms with E-state index in [2.05, 4.69) is 16.0 Å². The summed E-state index contributed by atoms with van der Waals surface area (Å²) in [5, 5.41) is 9.41. The van der Waals surface area contributed by atoms with Crippen LogP contribution in [0, 0.1) is 11.3 Å². The summed E-state index contributed by atoms with van der Waals surface area (Å²) in [6.07, 6.45) is 3.07. The average molecular weight is 414 g/mol. The lowest BCUT2D eigenvalue weighted by atomic mass is 9.91. The van der Waals surface area contributed by atoms with Gasteiger partial charge in [0.05, 0.1) is 17.3 Å². The molecule has 5 nitrogen and oxygen atoms in total. The molecular weight excluding hydrogens is 386 g/mol. The van der Waals surface area contributed by atoms with Crippen molar-refractivity contribution in [2.45, 2.75) is 32.2 Å². The second kappa shape index (κ2) is 8.97. The zero-order valence-electron chi connectivity index (χ0n) is 16.6. The van der Waals surface area contributed by atoms with Crippen LogP contribution in [0.25, 0.3) is 0 Å². The van der Waals surface area contributed by atoms with E-state index in [0.29, 0.717) is 11.3 Å². The third-order valence-electron chi connectivity index (χ3n) is 6.18. The maximum atomic E-state index is 12.8. The second-order valence-corrected chi connectivity index (χ2v) is 8.01. The van der Waals surface area contributed by atoms with Crippen molar-refractivity contribution < 1.29 is 9.59 Å². The van der Waals surface area contributed by atoms with Gasteiger partial charge in [-0.1, -0.05) is 42.5 Å². The molecule has 2 aromatic rings. The van der Waals surface area contributed by atoms with Crippen LogP contribution in [0.4, 0.5) is 5.69 Å². The molecule has 2 unspecified atom stereocenters. The van der Waals surface area contributed by atoms with Crippen molar-refractivity contribution in [3.05, 3.63) is 65.7 Å². The molecule has 1 aliphatic carbocycles. The van der Waals surface area contributed by atoms with Gasteiger partial charge in [0.2, 0.25) is 5.91 Å². The maximum Gasteiger partial charge on any atom is 0.253 e. The largest absolute Gasteiger partial charge is 0.345 e. The lowest BCUT2D eigenvalue weighted by Gasteiger charge is -2.23. The van der Waals surface area contributed by atoms with Crippen LogP contribution in [0.3, 0.4) is 0 Å². The average Bonchev–Trinajstić information content (AvgIpc) is 3.42. The third-order valence-corrected chi connectivity index (χ3v) is 6.18. The van der Waals surface area contributed by atoms with Crippen LogP contribution in [-0.4, -0.2) is 24.9 Å². The number of piperidine rings is 1. The van der Waals surface area contributed by atoms with Crippen LogP contribution < -0.4 is 16.0 Å². The van der Waals surface area contributed by atoms with E-state index in [-0.39, 0.29) is 41.6 Å². The number of nitrogens with one attached hydrogen (secondary N) is 3. The van der Waals surface area contributed by atoms with Gasteiger partial charge in [-0.3, -0.25) is 9.59 Å². The Morgan fingerprint density at radius 3 is 2.41 bits per heavy atom. The summed E-state index contributed by atoms with van der Waals surface area (Å²) < 4.78 is 0. The number of halogens is 1. The summed E-state index contributed by atoms with van der Waals surface area (Å²) in [7, 11) is 0. The number of carbonyl (C=O) groups excluding carboxylic acids is 2. The Kier molecular flexibility index (Phi) is 6.60. The molecule has 1 saturated carbocycles. The number of carbonyl (C=O) groups is 2. The molecule has 0 aromatic heterocycles. The number of hydrogen-bond acceptors (Lipinski definition) is 3. The molecule has 29 heavy (non-hydrogen) atoms. The Bertz CT molecular complexity index is 865. The zero-order valence-corrected chi connectivity index (χ0v) is 17.4. The Morgan fingerprint density at radius 1 is 1.03 bits per heavy atom. The Balaban J connectivity index is 0.00000240. The summed E-state index contributed by atoms with van der Waals surface area (Å²) in [5.41, 5.74) is 2.30. The van der Waals surface area contributed by atoms with Crippen molar-refractivity contribution in [3.8, 4) is 0 Å². The first-order valence-electron chi connectivity index (χ1n) is 10.1. The number of para-hydroxylation sites is 1. The highest BCUT2D eigenvalue weighted by Crippen LogP contribution is 2.58. The van der Waals surface area contributed by atoms with Crippen LogP contribution >= 0.6 is 12.4 Å². The van der Waals surface area contributed by atoms with E-state index in [1.165, 1.54) is 0 Å². The summed E-state index contributed by atoms with van der Waals surface area (Å²) in [4.78, 5) is 25.6. The van der Waals surface area contributed by atoms with Crippen molar-refractivity contribution in [1.82, 2.24) is 10.6 Å².